The van der Waals surface area contributed by atoms with Crippen LogP contribution in [0.4, 0.5) is 10.5 Å². The van der Waals surface area contributed by atoms with E-state index < -0.39 is 0 Å². The van der Waals surface area contributed by atoms with Gasteiger partial charge in [-0.1, -0.05) is 25.1 Å². The minimum atomic E-state index is -0.239. The zero-order valence-corrected chi connectivity index (χ0v) is 13.0. The van der Waals surface area contributed by atoms with Crippen LogP contribution in [0.25, 0.3) is 0 Å². The SMILES string of the molecule is CCCNC(=O)N1CCC2(CC1)CN(c1ccccc1)C2=O. The molecule has 22 heavy (non-hydrogen) atoms. The molecule has 2 saturated heterocycles. The van der Waals surface area contributed by atoms with Gasteiger partial charge in [0.25, 0.3) is 0 Å². The summed E-state index contributed by atoms with van der Waals surface area (Å²) in [5.41, 5.74) is 0.735. The van der Waals surface area contributed by atoms with Crippen molar-refractivity contribution in [3.8, 4) is 0 Å². The van der Waals surface area contributed by atoms with Gasteiger partial charge >= 0.3 is 6.03 Å². The molecule has 0 saturated carbocycles. The number of nitrogens with zero attached hydrogens (tertiary/aromatic N) is 2. The van der Waals surface area contributed by atoms with Gasteiger partial charge in [0.05, 0.1) is 5.41 Å². The number of urea groups is 1. The van der Waals surface area contributed by atoms with Crippen molar-refractivity contribution in [2.75, 3.05) is 31.1 Å². The summed E-state index contributed by atoms with van der Waals surface area (Å²) in [5.74, 6) is 0.215. The van der Waals surface area contributed by atoms with Gasteiger partial charge in [-0.25, -0.2) is 4.79 Å². The molecule has 0 radical (unpaired) electrons. The molecule has 5 heteroatoms. The maximum absolute atomic E-state index is 12.6. The van der Waals surface area contributed by atoms with Gasteiger partial charge in [0, 0.05) is 31.9 Å². The first kappa shape index (κ1) is 14.9. The molecule has 2 fully saturated rings. The van der Waals surface area contributed by atoms with E-state index in [0.29, 0.717) is 19.6 Å². The maximum atomic E-state index is 12.6. The lowest BCUT2D eigenvalue weighted by atomic mass is 9.71. The van der Waals surface area contributed by atoms with Crippen molar-refractivity contribution in [3.05, 3.63) is 30.3 Å². The minimum Gasteiger partial charge on any atom is -0.338 e. The molecule has 5 nitrogen and oxygen atoms in total. The van der Waals surface area contributed by atoms with E-state index in [0.717, 1.165) is 31.5 Å². The monoisotopic (exact) mass is 301 g/mol. The van der Waals surface area contributed by atoms with Crippen LogP contribution in [0.1, 0.15) is 26.2 Å². The number of anilines is 1. The second-order valence-corrected chi connectivity index (χ2v) is 6.23. The summed E-state index contributed by atoms with van der Waals surface area (Å²) in [6, 6.07) is 9.80. The van der Waals surface area contributed by atoms with E-state index >= 15 is 0 Å². The summed E-state index contributed by atoms with van der Waals surface area (Å²) in [4.78, 5) is 28.2. The van der Waals surface area contributed by atoms with E-state index in [1.807, 2.05) is 47.1 Å². The van der Waals surface area contributed by atoms with E-state index in [9.17, 15) is 9.59 Å². The Morgan fingerprint density at radius 3 is 2.50 bits per heavy atom. The van der Waals surface area contributed by atoms with Gasteiger partial charge in [-0.3, -0.25) is 4.79 Å². The molecule has 1 N–H and O–H groups in total. The number of piperidine rings is 1. The van der Waals surface area contributed by atoms with Crippen molar-refractivity contribution < 1.29 is 9.59 Å². The molecule has 1 spiro atoms. The zero-order chi connectivity index (χ0) is 15.6. The number of carbonyl (C=O) groups is 2. The number of hydrogen-bond donors (Lipinski definition) is 1. The van der Waals surface area contributed by atoms with Gasteiger partial charge < -0.3 is 15.1 Å². The van der Waals surface area contributed by atoms with Crippen molar-refractivity contribution in [3.63, 3.8) is 0 Å². The second-order valence-electron chi connectivity index (χ2n) is 6.23. The van der Waals surface area contributed by atoms with Crippen molar-refractivity contribution in [1.82, 2.24) is 10.2 Å². The Balaban J connectivity index is 1.56. The van der Waals surface area contributed by atoms with E-state index in [1.165, 1.54) is 0 Å². The van der Waals surface area contributed by atoms with E-state index in [4.69, 9.17) is 0 Å². The number of para-hydroxylation sites is 1. The molecule has 0 aromatic heterocycles. The third-order valence-electron chi connectivity index (χ3n) is 4.76. The normalized spacial score (nSPS) is 20.0. The lowest BCUT2D eigenvalue weighted by molar-refractivity contribution is -0.138. The average Bonchev–Trinajstić information content (AvgIpc) is 2.58. The van der Waals surface area contributed by atoms with Gasteiger partial charge in [-0.2, -0.15) is 0 Å². The highest BCUT2D eigenvalue weighted by Gasteiger charge is 2.53. The predicted octanol–water partition coefficient (Wildman–Crippen LogP) is 2.24. The van der Waals surface area contributed by atoms with Gasteiger partial charge in [-0.15, -0.1) is 0 Å². The van der Waals surface area contributed by atoms with Crippen LogP contribution in [-0.2, 0) is 4.79 Å². The first-order chi connectivity index (χ1) is 10.7. The zero-order valence-electron chi connectivity index (χ0n) is 13.0. The molecule has 0 aliphatic carbocycles. The molecular weight excluding hydrogens is 278 g/mol. The number of nitrogens with one attached hydrogen (secondary N) is 1. The van der Waals surface area contributed by atoms with Crippen LogP contribution in [0.3, 0.4) is 0 Å². The summed E-state index contributed by atoms with van der Waals surface area (Å²) in [6.07, 6.45) is 2.48. The lowest BCUT2D eigenvalue weighted by Gasteiger charge is -2.52. The molecular formula is C17H23N3O2. The highest BCUT2D eigenvalue weighted by Crippen LogP contribution is 2.43. The Bertz CT molecular complexity index is 550. The topological polar surface area (TPSA) is 52.7 Å². The summed E-state index contributed by atoms with van der Waals surface area (Å²) < 4.78 is 0. The fourth-order valence-electron chi connectivity index (χ4n) is 3.31. The number of likely N-dealkylation sites (tertiary alicyclic amines) is 1. The van der Waals surface area contributed by atoms with E-state index in [-0.39, 0.29) is 17.4 Å². The summed E-state index contributed by atoms with van der Waals surface area (Å²) >= 11 is 0. The van der Waals surface area contributed by atoms with E-state index in [2.05, 4.69) is 5.32 Å². The lowest BCUT2D eigenvalue weighted by Crippen LogP contribution is -2.65. The Morgan fingerprint density at radius 2 is 1.91 bits per heavy atom. The van der Waals surface area contributed by atoms with Crippen LogP contribution in [0.5, 0.6) is 0 Å². The molecule has 0 bridgehead atoms. The van der Waals surface area contributed by atoms with Crippen LogP contribution < -0.4 is 10.2 Å². The fourth-order valence-corrected chi connectivity index (χ4v) is 3.31. The smallest absolute Gasteiger partial charge is 0.317 e. The molecule has 3 amide bonds. The predicted molar refractivity (Wildman–Crippen MR) is 85.7 cm³/mol. The maximum Gasteiger partial charge on any atom is 0.317 e. The number of benzene rings is 1. The number of β-lactam (4-membered cyclic amide) rings is 1. The Kier molecular flexibility index (Phi) is 4.05. The van der Waals surface area contributed by atoms with Gasteiger partial charge in [0.1, 0.15) is 0 Å². The largest absolute Gasteiger partial charge is 0.338 e. The van der Waals surface area contributed by atoms with Crippen LogP contribution in [0.2, 0.25) is 0 Å². The van der Waals surface area contributed by atoms with Crippen LogP contribution in [0, 0.1) is 5.41 Å². The highest BCUT2D eigenvalue weighted by molar-refractivity contribution is 6.04. The summed E-state index contributed by atoms with van der Waals surface area (Å²) in [6.45, 7) is 4.87. The molecule has 1 aromatic rings. The number of amides is 3. The minimum absolute atomic E-state index is 0.00314. The van der Waals surface area contributed by atoms with Crippen molar-refractivity contribution in [1.29, 1.82) is 0 Å². The van der Waals surface area contributed by atoms with Crippen molar-refractivity contribution >= 4 is 17.6 Å². The fraction of sp³-hybridized carbons (Fsp3) is 0.529. The number of carbonyl (C=O) groups excluding carboxylic acids is 2. The van der Waals surface area contributed by atoms with Gasteiger partial charge in [-0.05, 0) is 31.4 Å². The molecule has 0 atom stereocenters. The first-order valence-electron chi connectivity index (χ1n) is 8.06. The Morgan fingerprint density at radius 1 is 1.23 bits per heavy atom. The molecule has 0 unspecified atom stereocenters. The first-order valence-corrected chi connectivity index (χ1v) is 8.06. The van der Waals surface area contributed by atoms with E-state index in [1.54, 1.807) is 0 Å². The molecule has 2 aliphatic rings. The molecule has 1 aromatic carbocycles. The second kappa shape index (κ2) is 5.99. The van der Waals surface area contributed by atoms with Gasteiger partial charge in [0.2, 0.25) is 5.91 Å². The van der Waals surface area contributed by atoms with Crippen LogP contribution in [-0.4, -0.2) is 43.0 Å². The third-order valence-corrected chi connectivity index (χ3v) is 4.76. The van der Waals surface area contributed by atoms with Gasteiger partial charge in [0.15, 0.2) is 0 Å². The average molecular weight is 301 g/mol. The Hall–Kier alpha value is -2.04. The number of rotatable bonds is 3. The quantitative estimate of drug-likeness (QED) is 0.871. The molecule has 3 rings (SSSR count). The van der Waals surface area contributed by atoms with Crippen LogP contribution >= 0.6 is 0 Å². The molecule has 2 heterocycles. The number of hydrogen-bond acceptors (Lipinski definition) is 2. The highest BCUT2D eigenvalue weighted by atomic mass is 16.2. The summed E-state index contributed by atoms with van der Waals surface area (Å²) in [5, 5.41) is 2.90. The van der Waals surface area contributed by atoms with Crippen molar-refractivity contribution in [2.45, 2.75) is 26.2 Å². The van der Waals surface area contributed by atoms with Crippen molar-refractivity contribution in [2.24, 2.45) is 5.41 Å². The molecule has 2 aliphatic heterocycles. The standard InChI is InChI=1S/C17H23N3O2/c1-2-10-18-16(22)19-11-8-17(9-12-19)13-20(15(17)21)14-6-4-3-5-7-14/h3-7H,2,8-13H2,1H3,(H,18,22). The third kappa shape index (κ3) is 2.56. The molecule has 118 valence electrons. The summed E-state index contributed by atoms with van der Waals surface area (Å²) in [7, 11) is 0. The van der Waals surface area contributed by atoms with Crippen LogP contribution in [0.15, 0.2) is 30.3 Å². The Labute approximate surface area is 131 Å².